The van der Waals surface area contributed by atoms with Gasteiger partial charge in [0.05, 0.1) is 6.10 Å². The van der Waals surface area contributed by atoms with E-state index in [4.69, 9.17) is 9.15 Å². The molecule has 1 aromatic heterocycles. The fraction of sp³-hybridized carbons (Fsp3) is 0.429. The van der Waals surface area contributed by atoms with Crippen molar-refractivity contribution < 1.29 is 13.9 Å². The Labute approximate surface area is 111 Å². The van der Waals surface area contributed by atoms with Crippen molar-refractivity contribution in [3.63, 3.8) is 0 Å². The number of ketones is 1. The zero-order chi connectivity index (χ0) is 13.1. The molecule has 1 fully saturated rings. The molecule has 1 aliphatic heterocycles. The van der Waals surface area contributed by atoms with Crippen LogP contribution in [-0.4, -0.2) is 36.6 Å². The maximum absolute atomic E-state index is 12.1. The van der Waals surface area contributed by atoms with Gasteiger partial charge in [0.1, 0.15) is 12.1 Å². The Balaban J connectivity index is 1.62. The minimum atomic E-state index is -0.0168. The predicted molar refractivity (Wildman–Crippen MR) is 70.2 cm³/mol. The molecule has 0 saturated carbocycles. The van der Waals surface area contributed by atoms with Crippen LogP contribution in [0.3, 0.4) is 0 Å². The minimum Gasteiger partial charge on any atom is -0.443 e. The number of hydrogen-bond acceptors (Lipinski definition) is 5. The molecule has 0 bridgehead atoms. The third-order valence-electron chi connectivity index (χ3n) is 3.39. The van der Waals surface area contributed by atoms with Gasteiger partial charge in [-0.15, -0.1) is 0 Å². The minimum absolute atomic E-state index is 0.0168. The van der Waals surface area contributed by atoms with Gasteiger partial charge in [-0.25, -0.2) is 4.98 Å². The van der Waals surface area contributed by atoms with Gasteiger partial charge in [0.15, 0.2) is 17.8 Å². The van der Waals surface area contributed by atoms with Crippen molar-refractivity contribution in [2.45, 2.75) is 18.9 Å². The molecule has 5 heteroatoms. The van der Waals surface area contributed by atoms with Gasteiger partial charge in [-0.2, -0.15) is 0 Å². The molecular weight excluding hydrogens is 244 g/mol. The monoisotopic (exact) mass is 260 g/mol. The lowest BCUT2D eigenvalue weighted by molar-refractivity contribution is 0.0318. The summed E-state index contributed by atoms with van der Waals surface area (Å²) in [5.74, 6) is -0.0168. The van der Waals surface area contributed by atoms with Gasteiger partial charge in [0, 0.05) is 5.56 Å². The normalized spacial score (nSPS) is 16.8. The third kappa shape index (κ3) is 2.83. The number of piperidine rings is 1. The van der Waals surface area contributed by atoms with Crippen molar-refractivity contribution in [3.05, 3.63) is 30.2 Å². The molecule has 19 heavy (non-hydrogen) atoms. The van der Waals surface area contributed by atoms with Gasteiger partial charge in [0.25, 0.3) is 0 Å². The predicted octanol–water partition coefficient (Wildman–Crippen LogP) is 1.78. The molecule has 1 aliphatic rings. The summed E-state index contributed by atoms with van der Waals surface area (Å²) in [4.78, 5) is 16.1. The van der Waals surface area contributed by atoms with Crippen LogP contribution >= 0.6 is 0 Å². The van der Waals surface area contributed by atoms with Crippen LogP contribution in [0.5, 0.6) is 0 Å². The first-order valence-electron chi connectivity index (χ1n) is 6.52. The molecule has 0 atom stereocenters. The van der Waals surface area contributed by atoms with E-state index in [9.17, 15) is 4.79 Å². The number of ether oxygens (including phenoxy) is 1. The van der Waals surface area contributed by atoms with E-state index in [0.717, 1.165) is 31.4 Å². The highest BCUT2D eigenvalue weighted by Gasteiger charge is 2.16. The van der Waals surface area contributed by atoms with Crippen LogP contribution in [0.4, 0.5) is 0 Å². The third-order valence-corrected chi connectivity index (χ3v) is 3.39. The number of carbonyl (C=O) groups excluding carboxylic acids is 1. The topological polar surface area (TPSA) is 64.4 Å². The van der Waals surface area contributed by atoms with Crippen molar-refractivity contribution in [3.8, 4) is 0 Å². The van der Waals surface area contributed by atoms with E-state index in [1.54, 1.807) is 18.2 Å². The summed E-state index contributed by atoms with van der Waals surface area (Å²) in [5, 5.41) is 3.27. The van der Waals surface area contributed by atoms with E-state index in [1.807, 2.05) is 0 Å². The summed E-state index contributed by atoms with van der Waals surface area (Å²) >= 11 is 0. The van der Waals surface area contributed by atoms with Crippen LogP contribution in [0, 0.1) is 0 Å². The van der Waals surface area contributed by atoms with Crippen LogP contribution in [0.2, 0.25) is 0 Å². The first-order chi connectivity index (χ1) is 9.33. The number of nitrogens with zero attached hydrogens (tertiary/aromatic N) is 1. The van der Waals surface area contributed by atoms with Gasteiger partial charge in [0.2, 0.25) is 0 Å². The number of carbonyl (C=O) groups is 1. The quantitative estimate of drug-likeness (QED) is 0.849. The lowest BCUT2D eigenvalue weighted by atomic mass is 10.1. The molecule has 0 spiro atoms. The smallest absolute Gasteiger partial charge is 0.188 e. The molecule has 2 aromatic rings. The molecule has 1 aromatic carbocycles. The number of hydrogen-bond donors (Lipinski definition) is 1. The van der Waals surface area contributed by atoms with Crippen molar-refractivity contribution in [2.75, 3.05) is 19.7 Å². The Kier molecular flexibility index (Phi) is 3.57. The SMILES string of the molecule is O=C(COC1CCNCC1)c1ccc2ncoc2c1. The molecule has 0 radical (unpaired) electrons. The van der Waals surface area contributed by atoms with Crippen LogP contribution in [0.15, 0.2) is 29.0 Å². The summed E-state index contributed by atoms with van der Waals surface area (Å²) in [7, 11) is 0. The summed E-state index contributed by atoms with van der Waals surface area (Å²) < 4.78 is 10.8. The molecule has 0 unspecified atom stereocenters. The summed E-state index contributed by atoms with van der Waals surface area (Å²) in [6.45, 7) is 2.05. The van der Waals surface area contributed by atoms with Gasteiger partial charge in [-0.1, -0.05) is 0 Å². The summed E-state index contributed by atoms with van der Waals surface area (Å²) in [6, 6.07) is 5.27. The van der Waals surface area contributed by atoms with E-state index in [-0.39, 0.29) is 18.5 Å². The molecule has 3 rings (SSSR count). The molecule has 2 heterocycles. The van der Waals surface area contributed by atoms with Crippen molar-refractivity contribution >= 4 is 16.9 Å². The van der Waals surface area contributed by atoms with E-state index in [0.29, 0.717) is 11.1 Å². The number of fused-ring (bicyclic) bond motifs is 1. The van der Waals surface area contributed by atoms with Gasteiger partial charge in [-0.05, 0) is 44.1 Å². The van der Waals surface area contributed by atoms with Crippen molar-refractivity contribution in [1.29, 1.82) is 0 Å². The number of benzene rings is 1. The molecule has 1 saturated heterocycles. The maximum Gasteiger partial charge on any atom is 0.188 e. The first-order valence-corrected chi connectivity index (χ1v) is 6.52. The van der Waals surface area contributed by atoms with Crippen LogP contribution < -0.4 is 5.32 Å². The average molecular weight is 260 g/mol. The number of rotatable bonds is 4. The highest BCUT2D eigenvalue weighted by atomic mass is 16.5. The molecule has 0 amide bonds. The number of oxazole rings is 1. The zero-order valence-corrected chi connectivity index (χ0v) is 10.6. The van der Waals surface area contributed by atoms with E-state index < -0.39 is 0 Å². The van der Waals surface area contributed by atoms with E-state index in [1.165, 1.54) is 6.39 Å². The van der Waals surface area contributed by atoms with Gasteiger partial charge >= 0.3 is 0 Å². The van der Waals surface area contributed by atoms with Crippen molar-refractivity contribution in [1.82, 2.24) is 10.3 Å². The highest BCUT2D eigenvalue weighted by Crippen LogP contribution is 2.15. The second-order valence-electron chi connectivity index (χ2n) is 4.72. The first kappa shape index (κ1) is 12.3. The lowest BCUT2D eigenvalue weighted by Gasteiger charge is -2.22. The van der Waals surface area contributed by atoms with Gasteiger partial charge in [-0.3, -0.25) is 4.79 Å². The summed E-state index contributed by atoms with van der Waals surface area (Å²) in [5.41, 5.74) is 2.00. The van der Waals surface area contributed by atoms with Crippen LogP contribution in [0.1, 0.15) is 23.2 Å². The zero-order valence-electron chi connectivity index (χ0n) is 10.6. The number of aromatic nitrogens is 1. The maximum atomic E-state index is 12.1. The summed E-state index contributed by atoms with van der Waals surface area (Å²) in [6.07, 6.45) is 3.51. The number of Topliss-reactive ketones (excluding diaryl/α,β-unsaturated/α-hetero) is 1. The molecule has 0 aliphatic carbocycles. The second kappa shape index (κ2) is 5.50. The standard InChI is InChI=1S/C14H16N2O3/c17-13(8-18-11-3-5-15-6-4-11)10-1-2-12-14(7-10)19-9-16-12/h1-2,7,9,11,15H,3-6,8H2. The molecule has 100 valence electrons. The fourth-order valence-corrected chi connectivity index (χ4v) is 2.27. The Morgan fingerprint density at radius 3 is 3.11 bits per heavy atom. The largest absolute Gasteiger partial charge is 0.443 e. The number of nitrogens with one attached hydrogen (secondary N) is 1. The van der Waals surface area contributed by atoms with Crippen LogP contribution in [-0.2, 0) is 4.74 Å². The Bertz CT molecular complexity index is 573. The molecular formula is C14H16N2O3. The highest BCUT2D eigenvalue weighted by molar-refractivity contribution is 5.99. The Hall–Kier alpha value is -1.72. The fourth-order valence-electron chi connectivity index (χ4n) is 2.27. The Morgan fingerprint density at radius 2 is 2.26 bits per heavy atom. The molecule has 1 N–H and O–H groups in total. The van der Waals surface area contributed by atoms with E-state index >= 15 is 0 Å². The average Bonchev–Trinajstić information content (AvgIpc) is 2.93. The lowest BCUT2D eigenvalue weighted by Crippen LogP contribution is -2.33. The Morgan fingerprint density at radius 1 is 1.42 bits per heavy atom. The van der Waals surface area contributed by atoms with Crippen LogP contribution in [0.25, 0.3) is 11.1 Å². The second-order valence-corrected chi connectivity index (χ2v) is 4.72. The molecule has 5 nitrogen and oxygen atoms in total. The van der Waals surface area contributed by atoms with E-state index in [2.05, 4.69) is 10.3 Å². The van der Waals surface area contributed by atoms with Crippen molar-refractivity contribution in [2.24, 2.45) is 0 Å². The van der Waals surface area contributed by atoms with Gasteiger partial charge < -0.3 is 14.5 Å².